The Balaban J connectivity index is 1.59. The van der Waals surface area contributed by atoms with E-state index in [-0.39, 0.29) is 18.9 Å². The molecule has 0 bridgehead atoms. The van der Waals surface area contributed by atoms with E-state index in [1.165, 1.54) is 9.87 Å². The molecule has 2 aromatic carbocycles. The molecule has 1 amide bonds. The molecule has 7 nitrogen and oxygen atoms in total. The van der Waals surface area contributed by atoms with Crippen LogP contribution in [0.2, 0.25) is 0 Å². The van der Waals surface area contributed by atoms with Gasteiger partial charge in [-0.1, -0.05) is 26.0 Å². The van der Waals surface area contributed by atoms with E-state index in [9.17, 15) is 13.2 Å². The van der Waals surface area contributed by atoms with Crippen molar-refractivity contribution in [3.63, 3.8) is 0 Å². The van der Waals surface area contributed by atoms with E-state index >= 15 is 0 Å². The van der Waals surface area contributed by atoms with Gasteiger partial charge in [-0.15, -0.1) is 0 Å². The van der Waals surface area contributed by atoms with Crippen LogP contribution in [0.5, 0.6) is 11.5 Å². The summed E-state index contributed by atoms with van der Waals surface area (Å²) in [6, 6.07) is 12.8. The van der Waals surface area contributed by atoms with Gasteiger partial charge in [-0.2, -0.15) is 0 Å². The Morgan fingerprint density at radius 2 is 1.73 bits per heavy atom. The number of hydrogen-bond donors (Lipinski definition) is 1. The standard InChI is InChI=1S/C22H28N2O5S/c1-16(2)17-6-8-18(9-7-17)23-22(25)5-4-12-24(30(3,26)27)19-10-11-20-21(15-19)29-14-13-28-20/h6-11,15-16H,4-5,12-14H2,1-3H3,(H,23,25). The summed E-state index contributed by atoms with van der Waals surface area (Å²) < 4.78 is 36.9. The molecule has 0 unspecified atom stereocenters. The van der Waals surface area contributed by atoms with Crippen molar-refractivity contribution in [3.05, 3.63) is 48.0 Å². The summed E-state index contributed by atoms with van der Waals surface area (Å²) in [5.74, 6) is 1.40. The van der Waals surface area contributed by atoms with Gasteiger partial charge in [0.05, 0.1) is 11.9 Å². The molecule has 30 heavy (non-hydrogen) atoms. The summed E-state index contributed by atoms with van der Waals surface area (Å²) >= 11 is 0. The van der Waals surface area contributed by atoms with Gasteiger partial charge in [0.15, 0.2) is 11.5 Å². The van der Waals surface area contributed by atoms with E-state index in [2.05, 4.69) is 19.2 Å². The minimum absolute atomic E-state index is 0.150. The number of carbonyl (C=O) groups excluding carboxylic acids is 1. The number of carbonyl (C=O) groups is 1. The third-order valence-corrected chi connectivity index (χ3v) is 6.03. The lowest BCUT2D eigenvalue weighted by Gasteiger charge is -2.25. The second-order valence-electron chi connectivity index (χ2n) is 7.59. The molecule has 0 spiro atoms. The number of nitrogens with one attached hydrogen (secondary N) is 1. The second-order valence-corrected chi connectivity index (χ2v) is 9.50. The number of anilines is 2. The number of hydrogen-bond acceptors (Lipinski definition) is 5. The molecule has 1 aliphatic heterocycles. The van der Waals surface area contributed by atoms with Crippen molar-refractivity contribution in [1.82, 2.24) is 0 Å². The quantitative estimate of drug-likeness (QED) is 0.686. The Hall–Kier alpha value is -2.74. The maximum Gasteiger partial charge on any atom is 0.232 e. The van der Waals surface area contributed by atoms with Crippen molar-refractivity contribution < 1.29 is 22.7 Å². The number of sulfonamides is 1. The molecule has 1 heterocycles. The number of rotatable bonds is 8. The fraction of sp³-hybridized carbons (Fsp3) is 0.409. The number of amides is 1. The van der Waals surface area contributed by atoms with Crippen LogP contribution in [0.25, 0.3) is 0 Å². The average Bonchev–Trinajstić information content (AvgIpc) is 2.70. The van der Waals surface area contributed by atoms with Crippen LogP contribution in [-0.4, -0.2) is 40.3 Å². The highest BCUT2D eigenvalue weighted by Gasteiger charge is 2.21. The molecule has 8 heteroatoms. The van der Waals surface area contributed by atoms with Crippen LogP contribution in [0.15, 0.2) is 42.5 Å². The van der Waals surface area contributed by atoms with Gasteiger partial charge in [-0.05, 0) is 42.2 Å². The number of nitrogens with zero attached hydrogens (tertiary/aromatic N) is 1. The summed E-state index contributed by atoms with van der Waals surface area (Å²) in [5, 5.41) is 2.86. The van der Waals surface area contributed by atoms with Crippen molar-refractivity contribution in [3.8, 4) is 11.5 Å². The molecule has 162 valence electrons. The van der Waals surface area contributed by atoms with Crippen LogP contribution in [0.4, 0.5) is 11.4 Å². The summed E-state index contributed by atoms with van der Waals surface area (Å²) in [7, 11) is -3.51. The summed E-state index contributed by atoms with van der Waals surface area (Å²) in [5.41, 5.74) is 2.43. The first-order chi connectivity index (χ1) is 14.2. The Kier molecular flexibility index (Phi) is 6.87. The molecule has 3 rings (SSSR count). The Bertz CT molecular complexity index is 987. The normalized spacial score (nSPS) is 13.2. The van der Waals surface area contributed by atoms with E-state index in [4.69, 9.17) is 9.47 Å². The van der Waals surface area contributed by atoms with Gasteiger partial charge in [0.25, 0.3) is 0 Å². The van der Waals surface area contributed by atoms with E-state index in [1.54, 1.807) is 18.2 Å². The van der Waals surface area contributed by atoms with Crippen LogP contribution in [0.3, 0.4) is 0 Å². The molecule has 1 N–H and O–H groups in total. The molecule has 0 aliphatic carbocycles. The van der Waals surface area contributed by atoms with E-state index in [1.807, 2.05) is 24.3 Å². The Labute approximate surface area is 178 Å². The third kappa shape index (κ3) is 5.66. The van der Waals surface area contributed by atoms with Crippen molar-refractivity contribution in [2.75, 3.05) is 35.6 Å². The molecule has 0 aromatic heterocycles. The lowest BCUT2D eigenvalue weighted by molar-refractivity contribution is -0.116. The van der Waals surface area contributed by atoms with Crippen molar-refractivity contribution in [1.29, 1.82) is 0 Å². The molecular formula is C22H28N2O5S. The molecule has 2 aromatic rings. The number of ether oxygens (including phenoxy) is 2. The fourth-order valence-corrected chi connectivity index (χ4v) is 4.19. The zero-order valence-corrected chi connectivity index (χ0v) is 18.4. The SMILES string of the molecule is CC(C)c1ccc(NC(=O)CCCN(c2ccc3c(c2)OCCO3)S(C)(=O)=O)cc1. The molecule has 0 fully saturated rings. The van der Waals surface area contributed by atoms with Gasteiger partial charge in [-0.3, -0.25) is 9.10 Å². The highest BCUT2D eigenvalue weighted by Crippen LogP contribution is 2.34. The molecule has 1 aliphatic rings. The van der Waals surface area contributed by atoms with Crippen molar-refractivity contribution >= 4 is 27.3 Å². The maximum absolute atomic E-state index is 12.3. The minimum Gasteiger partial charge on any atom is -0.486 e. The highest BCUT2D eigenvalue weighted by atomic mass is 32.2. The van der Waals surface area contributed by atoms with Gasteiger partial charge in [-0.25, -0.2) is 8.42 Å². The van der Waals surface area contributed by atoms with Crippen molar-refractivity contribution in [2.45, 2.75) is 32.6 Å². The Morgan fingerprint density at radius 1 is 1.07 bits per heavy atom. The molecule has 0 radical (unpaired) electrons. The first-order valence-electron chi connectivity index (χ1n) is 10.0. The van der Waals surface area contributed by atoms with E-state index < -0.39 is 10.0 Å². The summed E-state index contributed by atoms with van der Waals surface area (Å²) in [4.78, 5) is 12.3. The predicted octanol–water partition coefficient (Wildman–Crippen LogP) is 3.77. The topological polar surface area (TPSA) is 84.9 Å². The maximum atomic E-state index is 12.3. The number of fused-ring (bicyclic) bond motifs is 1. The largest absolute Gasteiger partial charge is 0.486 e. The Morgan fingerprint density at radius 3 is 2.37 bits per heavy atom. The lowest BCUT2D eigenvalue weighted by atomic mass is 10.0. The molecular weight excluding hydrogens is 404 g/mol. The lowest BCUT2D eigenvalue weighted by Crippen LogP contribution is -2.31. The van der Waals surface area contributed by atoms with Crippen LogP contribution < -0.4 is 19.1 Å². The molecule has 0 saturated carbocycles. The zero-order chi connectivity index (χ0) is 21.7. The molecule has 0 atom stereocenters. The van der Waals surface area contributed by atoms with Gasteiger partial charge < -0.3 is 14.8 Å². The fourth-order valence-electron chi connectivity index (χ4n) is 3.23. The smallest absolute Gasteiger partial charge is 0.232 e. The first-order valence-corrected chi connectivity index (χ1v) is 11.9. The van der Waals surface area contributed by atoms with E-state index in [0.29, 0.717) is 42.7 Å². The minimum atomic E-state index is -3.51. The van der Waals surface area contributed by atoms with Gasteiger partial charge >= 0.3 is 0 Å². The van der Waals surface area contributed by atoms with Gasteiger partial charge in [0.1, 0.15) is 13.2 Å². The van der Waals surface area contributed by atoms with Gasteiger partial charge in [0, 0.05) is 24.7 Å². The van der Waals surface area contributed by atoms with Crippen LogP contribution in [0.1, 0.15) is 38.2 Å². The van der Waals surface area contributed by atoms with Gasteiger partial charge in [0.2, 0.25) is 15.9 Å². The predicted molar refractivity (Wildman–Crippen MR) is 118 cm³/mol. The van der Waals surface area contributed by atoms with Crippen LogP contribution >= 0.6 is 0 Å². The average molecular weight is 433 g/mol. The third-order valence-electron chi connectivity index (χ3n) is 4.84. The monoisotopic (exact) mass is 432 g/mol. The zero-order valence-electron chi connectivity index (χ0n) is 17.6. The first kappa shape index (κ1) is 22.0. The molecule has 0 saturated heterocycles. The van der Waals surface area contributed by atoms with Crippen LogP contribution in [-0.2, 0) is 14.8 Å². The van der Waals surface area contributed by atoms with Crippen molar-refractivity contribution in [2.24, 2.45) is 0 Å². The highest BCUT2D eigenvalue weighted by molar-refractivity contribution is 7.92. The number of benzene rings is 2. The summed E-state index contributed by atoms with van der Waals surface area (Å²) in [6.07, 6.45) is 1.75. The summed E-state index contributed by atoms with van der Waals surface area (Å²) in [6.45, 7) is 5.31. The van der Waals surface area contributed by atoms with E-state index in [0.717, 1.165) is 11.9 Å². The van der Waals surface area contributed by atoms with Crippen LogP contribution in [0, 0.1) is 0 Å². The second kappa shape index (κ2) is 9.38.